The Morgan fingerprint density at radius 1 is 0.933 bits per heavy atom. The Morgan fingerprint density at radius 3 is 2.47 bits per heavy atom. The normalized spacial score (nSPS) is 14.5. The molecule has 0 N–H and O–H groups in total. The van der Waals surface area contributed by atoms with Crippen LogP contribution in [0.1, 0.15) is 20.8 Å². The van der Waals surface area contributed by atoms with Crippen molar-refractivity contribution in [1.82, 2.24) is 9.80 Å². The molecule has 5 nitrogen and oxygen atoms in total. The van der Waals surface area contributed by atoms with Gasteiger partial charge in [0.15, 0.2) is 0 Å². The quantitative estimate of drug-likeness (QED) is 0.570. The Morgan fingerprint density at radius 2 is 1.70 bits per heavy atom. The van der Waals surface area contributed by atoms with E-state index in [2.05, 4.69) is 29.2 Å². The second kappa shape index (κ2) is 9.78. The average Bonchev–Trinajstić information content (AvgIpc) is 3.28. The van der Waals surface area contributed by atoms with Crippen molar-refractivity contribution >= 4 is 17.2 Å². The van der Waals surface area contributed by atoms with Crippen LogP contribution in [0.4, 0.5) is 0 Å². The molecule has 4 rings (SSSR count). The van der Waals surface area contributed by atoms with Gasteiger partial charge in [0.05, 0.1) is 12.0 Å². The molecule has 1 aliphatic heterocycles. The lowest BCUT2D eigenvalue weighted by molar-refractivity contribution is 0.0633. The lowest BCUT2D eigenvalue weighted by atomic mass is 10.2. The van der Waals surface area contributed by atoms with E-state index in [0.29, 0.717) is 6.61 Å². The molecule has 0 radical (unpaired) electrons. The van der Waals surface area contributed by atoms with Crippen LogP contribution < -0.4 is 9.47 Å². The monoisotopic (exact) mass is 422 g/mol. The Kier molecular flexibility index (Phi) is 6.67. The minimum atomic E-state index is 0.118. The molecule has 1 amide bonds. The molecule has 0 saturated carbocycles. The van der Waals surface area contributed by atoms with Crippen molar-refractivity contribution in [1.29, 1.82) is 0 Å². The lowest BCUT2D eigenvalue weighted by Crippen LogP contribution is -2.48. The summed E-state index contributed by atoms with van der Waals surface area (Å²) in [6.07, 6.45) is 0. The molecule has 1 aliphatic rings. The zero-order valence-electron chi connectivity index (χ0n) is 17.1. The summed E-state index contributed by atoms with van der Waals surface area (Å²) in [5, 5.41) is 2.00. The standard InChI is InChI=1S/C24H26N2O3S/c1-28-21-8-5-9-22(15-21)29-17-20-14-23(30-18-20)24(27)26-12-10-25(11-13-26)16-19-6-3-2-4-7-19/h2-9,14-15,18H,10-13,16-17H2,1H3. The van der Waals surface area contributed by atoms with E-state index in [1.54, 1.807) is 7.11 Å². The number of hydrogen-bond donors (Lipinski definition) is 0. The van der Waals surface area contributed by atoms with Crippen LogP contribution in [0.2, 0.25) is 0 Å². The molecule has 2 aromatic carbocycles. The van der Waals surface area contributed by atoms with Gasteiger partial charge in [-0.05, 0) is 29.1 Å². The van der Waals surface area contributed by atoms with Gasteiger partial charge >= 0.3 is 0 Å². The molecule has 1 saturated heterocycles. The van der Waals surface area contributed by atoms with Gasteiger partial charge in [0, 0.05) is 44.4 Å². The number of methoxy groups -OCH3 is 1. The van der Waals surface area contributed by atoms with Crippen LogP contribution in [0.5, 0.6) is 11.5 Å². The fourth-order valence-corrected chi connectivity index (χ4v) is 4.39. The van der Waals surface area contributed by atoms with Gasteiger partial charge in [-0.25, -0.2) is 0 Å². The highest BCUT2D eigenvalue weighted by Crippen LogP contribution is 2.23. The van der Waals surface area contributed by atoms with Crippen LogP contribution in [0.3, 0.4) is 0 Å². The van der Waals surface area contributed by atoms with E-state index in [4.69, 9.17) is 9.47 Å². The number of carbonyl (C=O) groups is 1. The summed E-state index contributed by atoms with van der Waals surface area (Å²) in [6.45, 7) is 4.70. The second-order valence-electron chi connectivity index (χ2n) is 7.34. The minimum Gasteiger partial charge on any atom is -0.497 e. The maximum Gasteiger partial charge on any atom is 0.264 e. The van der Waals surface area contributed by atoms with E-state index in [0.717, 1.165) is 54.7 Å². The smallest absolute Gasteiger partial charge is 0.264 e. The molecule has 0 unspecified atom stereocenters. The molecule has 156 valence electrons. The number of hydrogen-bond acceptors (Lipinski definition) is 5. The van der Waals surface area contributed by atoms with Gasteiger partial charge in [0.25, 0.3) is 5.91 Å². The first kappa shape index (κ1) is 20.4. The van der Waals surface area contributed by atoms with Gasteiger partial charge in [0.2, 0.25) is 0 Å². The Balaban J connectivity index is 1.28. The van der Waals surface area contributed by atoms with Crippen molar-refractivity contribution in [3.05, 3.63) is 82.0 Å². The van der Waals surface area contributed by atoms with Gasteiger partial charge < -0.3 is 14.4 Å². The number of carbonyl (C=O) groups excluding carboxylic acids is 1. The number of rotatable bonds is 7. The molecule has 2 heterocycles. The Hall–Kier alpha value is -2.83. The summed E-state index contributed by atoms with van der Waals surface area (Å²) in [7, 11) is 1.64. The molecular weight excluding hydrogens is 396 g/mol. The van der Waals surface area contributed by atoms with Crippen LogP contribution in [-0.2, 0) is 13.2 Å². The third-order valence-electron chi connectivity index (χ3n) is 5.22. The van der Waals surface area contributed by atoms with Crippen LogP contribution in [0.15, 0.2) is 66.0 Å². The average molecular weight is 423 g/mol. The molecule has 0 atom stereocenters. The summed E-state index contributed by atoms with van der Waals surface area (Å²) in [6, 6.07) is 20.0. The van der Waals surface area contributed by atoms with Crippen molar-refractivity contribution in [2.45, 2.75) is 13.2 Å². The van der Waals surface area contributed by atoms with Gasteiger partial charge in [-0.15, -0.1) is 11.3 Å². The molecule has 6 heteroatoms. The molecule has 0 aliphatic carbocycles. The fourth-order valence-electron chi connectivity index (χ4n) is 3.53. The summed E-state index contributed by atoms with van der Waals surface area (Å²) in [5.41, 5.74) is 2.32. The first-order chi connectivity index (χ1) is 14.7. The molecule has 1 fully saturated rings. The third-order valence-corrected chi connectivity index (χ3v) is 6.19. The summed E-state index contributed by atoms with van der Waals surface area (Å²) < 4.78 is 11.1. The van der Waals surface area contributed by atoms with Gasteiger partial charge in [0.1, 0.15) is 18.1 Å². The third kappa shape index (κ3) is 5.20. The molecule has 3 aromatic rings. The number of nitrogens with zero attached hydrogens (tertiary/aromatic N) is 2. The van der Waals surface area contributed by atoms with Gasteiger partial charge in [-0.3, -0.25) is 9.69 Å². The van der Waals surface area contributed by atoms with Crippen molar-refractivity contribution < 1.29 is 14.3 Å². The van der Waals surface area contributed by atoms with Crippen LogP contribution in [0.25, 0.3) is 0 Å². The zero-order chi connectivity index (χ0) is 20.8. The topological polar surface area (TPSA) is 42.0 Å². The van der Waals surface area contributed by atoms with Crippen LogP contribution in [-0.4, -0.2) is 49.0 Å². The maximum atomic E-state index is 12.9. The van der Waals surface area contributed by atoms with Crippen LogP contribution in [0, 0.1) is 0 Å². The van der Waals surface area contributed by atoms with Crippen molar-refractivity contribution in [2.24, 2.45) is 0 Å². The minimum absolute atomic E-state index is 0.118. The van der Waals surface area contributed by atoms with E-state index < -0.39 is 0 Å². The summed E-state index contributed by atoms with van der Waals surface area (Å²) in [4.78, 5) is 18.0. The number of thiophene rings is 1. The summed E-state index contributed by atoms with van der Waals surface area (Å²) >= 11 is 1.49. The Bertz CT molecular complexity index is 965. The highest BCUT2D eigenvalue weighted by Gasteiger charge is 2.23. The highest BCUT2D eigenvalue weighted by molar-refractivity contribution is 7.12. The van der Waals surface area contributed by atoms with E-state index in [1.165, 1.54) is 16.9 Å². The van der Waals surface area contributed by atoms with Gasteiger partial charge in [-0.2, -0.15) is 0 Å². The van der Waals surface area contributed by atoms with Crippen molar-refractivity contribution in [3.8, 4) is 11.5 Å². The number of amides is 1. The summed E-state index contributed by atoms with van der Waals surface area (Å²) in [5.74, 6) is 1.63. The van der Waals surface area contributed by atoms with E-state index in [1.807, 2.05) is 46.7 Å². The van der Waals surface area contributed by atoms with Crippen molar-refractivity contribution in [3.63, 3.8) is 0 Å². The fraction of sp³-hybridized carbons (Fsp3) is 0.292. The lowest BCUT2D eigenvalue weighted by Gasteiger charge is -2.34. The van der Waals surface area contributed by atoms with Gasteiger partial charge in [-0.1, -0.05) is 36.4 Å². The first-order valence-corrected chi connectivity index (χ1v) is 11.0. The predicted octanol–water partition coefficient (Wildman–Crippen LogP) is 4.29. The maximum absolute atomic E-state index is 12.9. The molecule has 0 bridgehead atoms. The number of ether oxygens (including phenoxy) is 2. The predicted molar refractivity (Wildman–Crippen MR) is 119 cm³/mol. The second-order valence-corrected chi connectivity index (χ2v) is 8.25. The SMILES string of the molecule is COc1cccc(OCc2csc(C(=O)N3CCN(Cc4ccccc4)CC3)c2)c1. The van der Waals surface area contributed by atoms with E-state index >= 15 is 0 Å². The van der Waals surface area contributed by atoms with E-state index in [9.17, 15) is 4.79 Å². The van der Waals surface area contributed by atoms with Crippen molar-refractivity contribution in [2.75, 3.05) is 33.3 Å². The van der Waals surface area contributed by atoms with Crippen LogP contribution >= 0.6 is 11.3 Å². The molecule has 30 heavy (non-hydrogen) atoms. The Labute approximate surface area is 181 Å². The molecular formula is C24H26N2O3S. The zero-order valence-corrected chi connectivity index (χ0v) is 17.9. The first-order valence-electron chi connectivity index (χ1n) is 10.1. The largest absolute Gasteiger partial charge is 0.497 e. The molecule has 1 aromatic heterocycles. The van der Waals surface area contributed by atoms with E-state index in [-0.39, 0.29) is 5.91 Å². The number of piperazine rings is 1. The number of benzene rings is 2. The molecule has 0 spiro atoms. The highest BCUT2D eigenvalue weighted by atomic mass is 32.1.